The highest BCUT2D eigenvalue weighted by Gasteiger charge is 2.19. The number of nitrogens with one attached hydrogen (secondary N) is 2. The van der Waals surface area contributed by atoms with Gasteiger partial charge in [-0.25, -0.2) is 4.79 Å². The lowest BCUT2D eigenvalue weighted by Gasteiger charge is -2.12. The molecule has 0 bridgehead atoms. The first kappa shape index (κ1) is 16.1. The first-order valence-corrected chi connectivity index (χ1v) is 6.40. The molecule has 0 saturated heterocycles. The molecule has 1 aromatic rings. The maximum atomic E-state index is 11.8. The number of hydrogen-bond acceptors (Lipinski definition) is 4. The van der Waals surface area contributed by atoms with Crippen molar-refractivity contribution in [2.24, 2.45) is 0 Å². The molecule has 0 aliphatic rings. The van der Waals surface area contributed by atoms with Crippen LogP contribution in [0.1, 0.15) is 10.4 Å². The lowest BCUT2D eigenvalue weighted by atomic mass is 10.2. The van der Waals surface area contributed by atoms with E-state index in [4.69, 9.17) is 10.2 Å². The van der Waals surface area contributed by atoms with Gasteiger partial charge in [0.05, 0.1) is 18.7 Å². The number of carbonyl (C=O) groups is 3. The minimum atomic E-state index is -1.39. The lowest BCUT2D eigenvalue weighted by Crippen LogP contribution is -2.47. The Kier molecular flexibility index (Phi) is 6.13. The summed E-state index contributed by atoms with van der Waals surface area (Å²) in [5, 5.41) is 21.8. The van der Waals surface area contributed by atoms with Crippen molar-refractivity contribution >= 4 is 33.7 Å². The van der Waals surface area contributed by atoms with Gasteiger partial charge in [0.15, 0.2) is 0 Å². The van der Waals surface area contributed by atoms with E-state index in [1.165, 1.54) is 0 Å². The lowest BCUT2D eigenvalue weighted by molar-refractivity contribution is -0.142. The van der Waals surface area contributed by atoms with Crippen molar-refractivity contribution in [3.05, 3.63) is 34.3 Å². The van der Waals surface area contributed by atoms with Crippen LogP contribution < -0.4 is 10.6 Å². The highest BCUT2D eigenvalue weighted by molar-refractivity contribution is 9.10. The van der Waals surface area contributed by atoms with Crippen LogP contribution in [0.25, 0.3) is 0 Å². The van der Waals surface area contributed by atoms with E-state index in [1.807, 2.05) is 0 Å². The van der Waals surface area contributed by atoms with Crippen LogP contribution in [0.4, 0.5) is 0 Å². The summed E-state index contributed by atoms with van der Waals surface area (Å²) in [5.41, 5.74) is 0.359. The highest BCUT2D eigenvalue weighted by atomic mass is 79.9. The molecule has 20 heavy (non-hydrogen) atoms. The van der Waals surface area contributed by atoms with Crippen molar-refractivity contribution in [2.75, 3.05) is 13.2 Å². The number of carboxylic acid groups (broad SMARTS) is 1. The fourth-order valence-electron chi connectivity index (χ4n) is 1.33. The largest absolute Gasteiger partial charge is 0.480 e. The molecule has 0 heterocycles. The molecule has 2 amide bonds. The van der Waals surface area contributed by atoms with Gasteiger partial charge in [-0.3, -0.25) is 9.59 Å². The van der Waals surface area contributed by atoms with Gasteiger partial charge in [-0.1, -0.05) is 12.1 Å². The monoisotopic (exact) mass is 344 g/mol. The topological polar surface area (TPSA) is 116 Å². The molecule has 0 radical (unpaired) electrons. The van der Waals surface area contributed by atoms with Gasteiger partial charge in [-0.15, -0.1) is 0 Å². The Morgan fingerprint density at radius 1 is 1.25 bits per heavy atom. The maximum Gasteiger partial charge on any atom is 0.328 e. The molecule has 0 saturated carbocycles. The number of amides is 2. The summed E-state index contributed by atoms with van der Waals surface area (Å²) in [4.78, 5) is 33.8. The Balaban J connectivity index is 2.51. The molecule has 0 fully saturated rings. The highest BCUT2D eigenvalue weighted by Crippen LogP contribution is 2.15. The smallest absolute Gasteiger partial charge is 0.328 e. The van der Waals surface area contributed by atoms with Gasteiger partial charge in [-0.2, -0.15) is 0 Å². The SMILES string of the molecule is O=C(CNC(=O)c1ccccc1Br)N[C@H](CO)C(=O)O. The van der Waals surface area contributed by atoms with E-state index in [0.29, 0.717) is 10.0 Å². The number of rotatable bonds is 6. The predicted octanol–water partition coefficient (Wildman–Crippen LogP) is -0.259. The minimum Gasteiger partial charge on any atom is -0.480 e. The first-order chi connectivity index (χ1) is 9.45. The third kappa shape index (κ3) is 4.63. The molecule has 8 heteroatoms. The summed E-state index contributed by atoms with van der Waals surface area (Å²) in [6, 6.07) is 5.28. The van der Waals surface area contributed by atoms with Crippen molar-refractivity contribution in [1.82, 2.24) is 10.6 Å². The van der Waals surface area contributed by atoms with Crippen LogP contribution in [0.2, 0.25) is 0 Å². The van der Waals surface area contributed by atoms with E-state index >= 15 is 0 Å². The fourth-order valence-corrected chi connectivity index (χ4v) is 1.80. The normalized spacial score (nSPS) is 11.5. The predicted molar refractivity (Wildman–Crippen MR) is 73.1 cm³/mol. The van der Waals surface area contributed by atoms with Gasteiger partial charge in [0.2, 0.25) is 5.91 Å². The second-order valence-corrected chi connectivity index (χ2v) is 4.66. The van der Waals surface area contributed by atoms with Gasteiger partial charge in [0.25, 0.3) is 5.91 Å². The maximum absolute atomic E-state index is 11.8. The second kappa shape index (κ2) is 7.61. The molecule has 108 valence electrons. The minimum absolute atomic E-state index is 0.359. The Bertz CT molecular complexity index is 520. The molecule has 0 aromatic heterocycles. The Hall–Kier alpha value is -1.93. The summed E-state index contributed by atoms with van der Waals surface area (Å²) in [5.74, 6) is -2.52. The van der Waals surface area contributed by atoms with Gasteiger partial charge in [-0.05, 0) is 28.1 Å². The zero-order valence-corrected chi connectivity index (χ0v) is 11.9. The Morgan fingerprint density at radius 3 is 2.45 bits per heavy atom. The number of aliphatic hydroxyl groups is 1. The number of carboxylic acids is 1. The van der Waals surface area contributed by atoms with E-state index in [1.54, 1.807) is 24.3 Å². The van der Waals surface area contributed by atoms with Crippen molar-refractivity contribution in [3.63, 3.8) is 0 Å². The van der Waals surface area contributed by atoms with Crippen LogP contribution in [-0.4, -0.2) is 47.2 Å². The number of carbonyl (C=O) groups excluding carboxylic acids is 2. The zero-order valence-electron chi connectivity index (χ0n) is 10.3. The van der Waals surface area contributed by atoms with Gasteiger partial charge >= 0.3 is 5.97 Å². The zero-order chi connectivity index (χ0) is 15.1. The van der Waals surface area contributed by atoms with Crippen LogP contribution in [0.15, 0.2) is 28.7 Å². The van der Waals surface area contributed by atoms with Crippen molar-refractivity contribution in [3.8, 4) is 0 Å². The van der Waals surface area contributed by atoms with Gasteiger partial charge in [0, 0.05) is 4.47 Å². The van der Waals surface area contributed by atoms with Gasteiger partial charge < -0.3 is 20.8 Å². The molecule has 7 nitrogen and oxygen atoms in total. The van der Waals surface area contributed by atoms with Crippen LogP contribution in [-0.2, 0) is 9.59 Å². The van der Waals surface area contributed by atoms with Crippen molar-refractivity contribution in [1.29, 1.82) is 0 Å². The number of aliphatic carboxylic acids is 1. The number of halogens is 1. The number of aliphatic hydroxyl groups excluding tert-OH is 1. The summed E-state index contributed by atoms with van der Waals surface area (Å²) in [7, 11) is 0. The van der Waals surface area contributed by atoms with Crippen LogP contribution in [0.3, 0.4) is 0 Å². The Morgan fingerprint density at radius 2 is 1.90 bits per heavy atom. The Labute approximate surface area is 123 Å². The molecule has 0 aliphatic carbocycles. The third-order valence-electron chi connectivity index (χ3n) is 2.34. The van der Waals surface area contributed by atoms with E-state index < -0.39 is 30.4 Å². The summed E-state index contributed by atoms with van der Waals surface area (Å²) >= 11 is 3.20. The first-order valence-electron chi connectivity index (χ1n) is 5.61. The molecule has 1 atom stereocenters. The molecule has 0 aliphatic heterocycles. The van der Waals surface area contributed by atoms with E-state index in [9.17, 15) is 14.4 Å². The average Bonchev–Trinajstić information content (AvgIpc) is 2.42. The van der Waals surface area contributed by atoms with Crippen molar-refractivity contribution in [2.45, 2.75) is 6.04 Å². The number of hydrogen-bond donors (Lipinski definition) is 4. The molecule has 0 unspecified atom stereocenters. The third-order valence-corrected chi connectivity index (χ3v) is 3.04. The summed E-state index contributed by atoms with van der Waals surface area (Å²) < 4.78 is 0.580. The summed E-state index contributed by atoms with van der Waals surface area (Å²) in [6.07, 6.45) is 0. The summed E-state index contributed by atoms with van der Waals surface area (Å²) in [6.45, 7) is -1.11. The molecule has 1 rings (SSSR count). The van der Waals surface area contributed by atoms with E-state index in [0.717, 1.165) is 0 Å². The molecule has 1 aromatic carbocycles. The molecular formula is C12H13BrN2O5. The fraction of sp³-hybridized carbons (Fsp3) is 0.250. The van der Waals surface area contributed by atoms with Gasteiger partial charge in [0.1, 0.15) is 6.04 Å². The van der Waals surface area contributed by atoms with Crippen LogP contribution >= 0.6 is 15.9 Å². The van der Waals surface area contributed by atoms with Crippen molar-refractivity contribution < 1.29 is 24.6 Å². The second-order valence-electron chi connectivity index (χ2n) is 3.80. The van der Waals surface area contributed by atoms with E-state index in [-0.39, 0.29) is 6.54 Å². The molecule has 4 N–H and O–H groups in total. The standard InChI is InChI=1S/C12H13BrN2O5/c13-8-4-2-1-3-7(8)11(18)14-5-10(17)15-9(6-16)12(19)20/h1-4,9,16H,5-6H2,(H,14,18)(H,15,17)(H,19,20)/t9-/m1/s1. The quantitative estimate of drug-likeness (QED) is 0.567. The number of benzene rings is 1. The van der Waals surface area contributed by atoms with Crippen LogP contribution in [0, 0.1) is 0 Å². The molecule has 0 spiro atoms. The average molecular weight is 345 g/mol. The van der Waals surface area contributed by atoms with Crippen LogP contribution in [0.5, 0.6) is 0 Å². The van der Waals surface area contributed by atoms with E-state index in [2.05, 4.69) is 26.6 Å². The molecular weight excluding hydrogens is 332 g/mol.